The average Bonchev–Trinajstić information content (AvgIpc) is 3.05. The van der Waals surface area contributed by atoms with Crippen LogP contribution in [0.3, 0.4) is 0 Å². The smallest absolute Gasteiger partial charge is 0.137 e. The number of methoxy groups -OCH3 is 1. The van der Waals surface area contributed by atoms with Crippen LogP contribution in [0.4, 0.5) is 0 Å². The van der Waals surface area contributed by atoms with Crippen LogP contribution < -0.4 is 10.1 Å². The molecule has 0 atom stereocenters. The average molecular weight is 328 g/mol. The summed E-state index contributed by atoms with van der Waals surface area (Å²) in [7, 11) is 1.60. The molecule has 0 aliphatic carbocycles. The van der Waals surface area contributed by atoms with Crippen molar-refractivity contribution in [2.75, 3.05) is 7.11 Å². The van der Waals surface area contributed by atoms with Crippen LogP contribution >= 0.6 is 11.6 Å². The molecule has 0 radical (unpaired) electrons. The number of furan rings is 1. The first-order chi connectivity index (χ1) is 11.3. The van der Waals surface area contributed by atoms with Gasteiger partial charge in [0.25, 0.3) is 0 Å². The molecule has 0 aliphatic rings. The minimum atomic E-state index is 0.574. The summed E-state index contributed by atoms with van der Waals surface area (Å²) in [5.74, 6) is 2.35. The van der Waals surface area contributed by atoms with Gasteiger partial charge in [0.2, 0.25) is 0 Å². The van der Waals surface area contributed by atoms with Crippen molar-refractivity contribution in [1.82, 2.24) is 5.32 Å². The van der Waals surface area contributed by atoms with Crippen molar-refractivity contribution >= 4 is 11.6 Å². The summed E-state index contributed by atoms with van der Waals surface area (Å²) in [4.78, 5) is 0. The second-order valence-corrected chi connectivity index (χ2v) is 5.61. The van der Waals surface area contributed by atoms with Crippen molar-refractivity contribution in [1.29, 1.82) is 0 Å². The van der Waals surface area contributed by atoms with Gasteiger partial charge < -0.3 is 14.5 Å². The fourth-order valence-electron chi connectivity index (χ4n) is 2.37. The van der Waals surface area contributed by atoms with Gasteiger partial charge in [0.15, 0.2) is 0 Å². The summed E-state index contributed by atoms with van der Waals surface area (Å²) >= 11 is 6.16. The van der Waals surface area contributed by atoms with Crippen LogP contribution in [0, 0.1) is 0 Å². The van der Waals surface area contributed by atoms with Gasteiger partial charge in [0.1, 0.15) is 17.3 Å². The molecule has 4 heteroatoms. The van der Waals surface area contributed by atoms with E-state index in [9.17, 15) is 0 Å². The molecule has 1 heterocycles. The lowest BCUT2D eigenvalue weighted by atomic mass is 10.2. The molecule has 1 aromatic heterocycles. The summed E-state index contributed by atoms with van der Waals surface area (Å²) < 4.78 is 11.0. The Morgan fingerprint density at radius 2 is 1.83 bits per heavy atom. The number of halogens is 1. The molecule has 23 heavy (non-hydrogen) atoms. The zero-order valence-corrected chi connectivity index (χ0v) is 13.6. The van der Waals surface area contributed by atoms with E-state index in [0.717, 1.165) is 23.6 Å². The van der Waals surface area contributed by atoms with Crippen LogP contribution in [0.1, 0.15) is 11.3 Å². The lowest BCUT2D eigenvalue weighted by molar-refractivity contribution is 0.415. The molecule has 3 nitrogen and oxygen atoms in total. The number of rotatable bonds is 6. The van der Waals surface area contributed by atoms with Gasteiger partial charge in [0, 0.05) is 12.1 Å². The van der Waals surface area contributed by atoms with Crippen molar-refractivity contribution < 1.29 is 9.15 Å². The molecular formula is C19H18ClNO2. The fourth-order valence-corrected chi connectivity index (χ4v) is 2.63. The van der Waals surface area contributed by atoms with E-state index in [1.54, 1.807) is 7.11 Å². The topological polar surface area (TPSA) is 34.4 Å². The van der Waals surface area contributed by atoms with Gasteiger partial charge in [-0.25, -0.2) is 0 Å². The molecule has 0 fully saturated rings. The van der Waals surface area contributed by atoms with E-state index in [2.05, 4.69) is 17.4 Å². The Balaban J connectivity index is 1.63. The molecule has 0 amide bonds. The Kier molecular flexibility index (Phi) is 5.01. The van der Waals surface area contributed by atoms with Crippen molar-refractivity contribution in [2.45, 2.75) is 13.1 Å². The minimum absolute atomic E-state index is 0.574. The van der Waals surface area contributed by atoms with E-state index < -0.39 is 0 Å². The van der Waals surface area contributed by atoms with Crippen molar-refractivity contribution in [3.63, 3.8) is 0 Å². The molecule has 118 valence electrons. The fraction of sp³-hybridized carbons (Fsp3) is 0.158. The first-order valence-corrected chi connectivity index (χ1v) is 7.81. The van der Waals surface area contributed by atoms with E-state index in [1.165, 1.54) is 5.56 Å². The van der Waals surface area contributed by atoms with Crippen LogP contribution in [0.5, 0.6) is 5.75 Å². The van der Waals surface area contributed by atoms with Gasteiger partial charge in [-0.05, 0) is 35.9 Å². The number of ether oxygens (including phenoxy) is 1. The monoisotopic (exact) mass is 327 g/mol. The third-order valence-electron chi connectivity index (χ3n) is 3.57. The first-order valence-electron chi connectivity index (χ1n) is 7.43. The number of hydrogen-bond acceptors (Lipinski definition) is 3. The van der Waals surface area contributed by atoms with E-state index >= 15 is 0 Å². The zero-order valence-electron chi connectivity index (χ0n) is 12.9. The lowest BCUT2D eigenvalue weighted by Gasteiger charge is -2.05. The van der Waals surface area contributed by atoms with Crippen molar-refractivity contribution in [2.24, 2.45) is 0 Å². The van der Waals surface area contributed by atoms with Gasteiger partial charge in [-0.2, -0.15) is 0 Å². The molecule has 3 aromatic rings. The van der Waals surface area contributed by atoms with Crippen LogP contribution in [-0.2, 0) is 13.1 Å². The van der Waals surface area contributed by atoms with Gasteiger partial charge in [-0.1, -0.05) is 41.9 Å². The SMILES string of the molecule is COc1ccc(-c2ccc(CNCc3ccccc3)o2)cc1Cl. The number of hydrogen-bond donors (Lipinski definition) is 1. The highest BCUT2D eigenvalue weighted by molar-refractivity contribution is 6.32. The summed E-state index contributed by atoms with van der Waals surface area (Å²) in [6.07, 6.45) is 0. The predicted octanol–water partition coefficient (Wildman–Crippen LogP) is 4.90. The number of benzene rings is 2. The maximum Gasteiger partial charge on any atom is 0.137 e. The van der Waals surface area contributed by atoms with Gasteiger partial charge in [-0.15, -0.1) is 0 Å². The highest BCUT2D eigenvalue weighted by atomic mass is 35.5. The van der Waals surface area contributed by atoms with Crippen LogP contribution in [0.2, 0.25) is 5.02 Å². The molecule has 0 spiro atoms. The van der Waals surface area contributed by atoms with Gasteiger partial charge >= 0.3 is 0 Å². The Morgan fingerprint density at radius 1 is 1.00 bits per heavy atom. The summed E-state index contributed by atoms with van der Waals surface area (Å²) in [5, 5.41) is 3.95. The van der Waals surface area contributed by atoms with Crippen molar-refractivity contribution in [3.8, 4) is 17.1 Å². The highest BCUT2D eigenvalue weighted by Crippen LogP contribution is 2.31. The van der Waals surface area contributed by atoms with E-state index in [0.29, 0.717) is 17.3 Å². The highest BCUT2D eigenvalue weighted by Gasteiger charge is 2.08. The summed E-state index contributed by atoms with van der Waals surface area (Å²) in [6, 6.07) is 19.8. The normalized spacial score (nSPS) is 10.7. The Bertz CT molecular complexity index is 768. The van der Waals surface area contributed by atoms with Crippen LogP contribution in [0.15, 0.2) is 65.1 Å². The number of nitrogens with one attached hydrogen (secondary N) is 1. The lowest BCUT2D eigenvalue weighted by Crippen LogP contribution is -2.11. The zero-order chi connectivity index (χ0) is 16.1. The second kappa shape index (κ2) is 7.36. The second-order valence-electron chi connectivity index (χ2n) is 5.20. The molecule has 1 N–H and O–H groups in total. The molecule has 0 saturated carbocycles. The molecular weight excluding hydrogens is 310 g/mol. The summed E-state index contributed by atoms with van der Waals surface area (Å²) in [6.45, 7) is 1.49. The molecule has 0 unspecified atom stereocenters. The predicted molar refractivity (Wildman–Crippen MR) is 92.7 cm³/mol. The standard InChI is InChI=1S/C19H18ClNO2/c1-22-19-9-7-15(11-17(19)20)18-10-8-16(23-18)13-21-12-14-5-3-2-4-6-14/h2-11,21H,12-13H2,1H3. The van der Waals surface area contributed by atoms with Crippen molar-refractivity contribution in [3.05, 3.63) is 77.0 Å². The maximum atomic E-state index is 6.16. The molecule has 3 rings (SSSR count). The van der Waals surface area contributed by atoms with Gasteiger partial charge in [-0.3, -0.25) is 0 Å². The van der Waals surface area contributed by atoms with Crippen LogP contribution in [-0.4, -0.2) is 7.11 Å². The Hall–Kier alpha value is -2.23. The maximum absolute atomic E-state index is 6.16. The third kappa shape index (κ3) is 3.95. The molecule has 0 aliphatic heterocycles. The van der Waals surface area contributed by atoms with E-state index in [1.807, 2.05) is 48.5 Å². The molecule has 0 bridgehead atoms. The Labute approximate surface area is 140 Å². The molecule has 2 aromatic carbocycles. The van der Waals surface area contributed by atoms with Crippen LogP contribution in [0.25, 0.3) is 11.3 Å². The third-order valence-corrected chi connectivity index (χ3v) is 3.86. The van der Waals surface area contributed by atoms with Gasteiger partial charge in [0.05, 0.1) is 18.7 Å². The van der Waals surface area contributed by atoms with E-state index in [4.69, 9.17) is 20.8 Å². The quantitative estimate of drug-likeness (QED) is 0.699. The first kappa shape index (κ1) is 15.7. The largest absolute Gasteiger partial charge is 0.495 e. The Morgan fingerprint density at radius 3 is 2.57 bits per heavy atom. The minimum Gasteiger partial charge on any atom is -0.495 e. The van der Waals surface area contributed by atoms with E-state index in [-0.39, 0.29) is 0 Å². The summed E-state index contributed by atoms with van der Waals surface area (Å²) in [5.41, 5.74) is 2.19. The molecule has 0 saturated heterocycles.